The van der Waals surface area contributed by atoms with Crippen molar-refractivity contribution in [2.45, 2.75) is 93.2 Å². The Bertz CT molecular complexity index is 977. The molecular formula is C27H39NO7. The van der Waals surface area contributed by atoms with Crippen molar-refractivity contribution >= 4 is 24.3 Å². The zero-order valence-corrected chi connectivity index (χ0v) is 22.4. The Morgan fingerprint density at radius 3 is 2.03 bits per heavy atom. The van der Waals surface area contributed by atoms with E-state index < -0.39 is 40.5 Å². The maximum atomic E-state index is 13.1. The van der Waals surface area contributed by atoms with E-state index in [1.54, 1.807) is 73.3 Å². The van der Waals surface area contributed by atoms with Gasteiger partial charge in [0.2, 0.25) is 0 Å². The molecule has 1 aliphatic heterocycles. The van der Waals surface area contributed by atoms with E-state index in [-0.39, 0.29) is 17.9 Å². The van der Waals surface area contributed by atoms with Gasteiger partial charge in [0.25, 0.3) is 0 Å². The molecule has 194 valence electrons. The van der Waals surface area contributed by atoms with Crippen molar-refractivity contribution in [2.75, 3.05) is 6.54 Å². The predicted molar refractivity (Wildman–Crippen MR) is 131 cm³/mol. The molecular weight excluding hydrogens is 450 g/mol. The van der Waals surface area contributed by atoms with Crippen molar-refractivity contribution in [2.24, 2.45) is 10.8 Å². The number of hydrogen-bond acceptors (Lipinski definition) is 7. The number of hydrogen-bond donors (Lipinski definition) is 0. The second kappa shape index (κ2) is 10.4. The zero-order valence-electron chi connectivity index (χ0n) is 22.4. The van der Waals surface area contributed by atoms with Gasteiger partial charge in [0.1, 0.15) is 23.4 Å². The van der Waals surface area contributed by atoms with Gasteiger partial charge in [0.05, 0.1) is 16.9 Å². The molecule has 0 aliphatic carbocycles. The Kier molecular flexibility index (Phi) is 8.40. The van der Waals surface area contributed by atoms with Gasteiger partial charge < -0.3 is 23.9 Å². The minimum atomic E-state index is -0.789. The molecule has 0 N–H and O–H groups in total. The zero-order chi connectivity index (χ0) is 26.8. The molecule has 0 aromatic heterocycles. The molecule has 1 amide bonds. The molecule has 2 rings (SSSR count). The van der Waals surface area contributed by atoms with Crippen LogP contribution in [-0.4, -0.2) is 41.4 Å². The second-order valence-corrected chi connectivity index (χ2v) is 12.0. The summed E-state index contributed by atoms with van der Waals surface area (Å²) in [5.74, 6) is -0.416. The van der Waals surface area contributed by atoms with Crippen LogP contribution in [0.3, 0.4) is 0 Å². The number of ether oxygens (including phenoxy) is 3. The molecule has 1 aliphatic rings. The quantitative estimate of drug-likeness (QED) is 0.310. The van der Waals surface area contributed by atoms with Gasteiger partial charge in [0, 0.05) is 24.6 Å². The van der Waals surface area contributed by atoms with E-state index in [1.807, 2.05) is 0 Å². The molecule has 1 aromatic carbocycles. The monoisotopic (exact) mass is 489 g/mol. The van der Waals surface area contributed by atoms with Crippen LogP contribution < -0.4 is 9.47 Å². The molecule has 1 aromatic rings. The van der Waals surface area contributed by atoms with E-state index in [2.05, 4.69) is 0 Å². The summed E-state index contributed by atoms with van der Waals surface area (Å²) in [4.78, 5) is 51.3. The van der Waals surface area contributed by atoms with E-state index in [4.69, 9.17) is 14.2 Å². The van der Waals surface area contributed by atoms with Crippen molar-refractivity contribution in [1.29, 1.82) is 0 Å². The first-order valence-corrected chi connectivity index (χ1v) is 12.0. The fraction of sp³-hybridized carbons (Fsp3) is 0.630. The topological polar surface area (TPSA) is 99.2 Å². The van der Waals surface area contributed by atoms with Gasteiger partial charge in [-0.15, -0.1) is 0 Å². The summed E-state index contributed by atoms with van der Waals surface area (Å²) in [6.45, 7) is 16.2. The molecule has 8 nitrogen and oxygen atoms in total. The summed E-state index contributed by atoms with van der Waals surface area (Å²) >= 11 is 0. The SMILES string of the molecule is CC(C)(C)OC(=O)N1CCc2cc(OC(=O)C(C)(C)C)cc(OC(=O)C(C)(C)C)c2[C@@H]1CCC=O. The predicted octanol–water partition coefficient (Wildman–Crippen LogP) is 5.40. The average molecular weight is 490 g/mol. The van der Waals surface area contributed by atoms with E-state index in [0.29, 0.717) is 24.9 Å². The molecule has 0 saturated heterocycles. The Labute approximate surface area is 208 Å². The number of carbonyl (C=O) groups is 4. The fourth-order valence-corrected chi connectivity index (χ4v) is 3.52. The first-order valence-electron chi connectivity index (χ1n) is 12.0. The highest BCUT2D eigenvalue weighted by Gasteiger charge is 2.37. The molecule has 0 bridgehead atoms. The average Bonchev–Trinajstić information content (AvgIpc) is 2.68. The Morgan fingerprint density at radius 2 is 1.51 bits per heavy atom. The van der Waals surface area contributed by atoms with Crippen LogP contribution in [0.5, 0.6) is 11.5 Å². The van der Waals surface area contributed by atoms with Crippen LogP contribution in [0.2, 0.25) is 0 Å². The smallest absolute Gasteiger partial charge is 0.410 e. The number of aldehydes is 1. The lowest BCUT2D eigenvalue weighted by molar-refractivity contribution is -0.143. The van der Waals surface area contributed by atoms with Gasteiger partial charge in [0.15, 0.2) is 0 Å². The van der Waals surface area contributed by atoms with Crippen molar-refractivity contribution in [1.82, 2.24) is 4.90 Å². The Hall–Kier alpha value is -2.90. The maximum absolute atomic E-state index is 13.1. The summed E-state index contributed by atoms with van der Waals surface area (Å²) < 4.78 is 17.1. The lowest BCUT2D eigenvalue weighted by Gasteiger charge is -2.39. The van der Waals surface area contributed by atoms with Gasteiger partial charge in [-0.2, -0.15) is 0 Å². The molecule has 8 heteroatoms. The standard InChI is InChI=1S/C27H39NO7/c1-25(2,3)22(30)33-18-15-17-12-13-28(24(32)35-27(7,8)9)19(11-10-14-29)21(17)20(16-18)34-23(31)26(4,5)6/h14-16,19H,10-13H2,1-9H3/t19-/m0/s1. The van der Waals surface area contributed by atoms with Crippen LogP contribution in [0.25, 0.3) is 0 Å². The third-order valence-electron chi connectivity index (χ3n) is 5.36. The summed E-state index contributed by atoms with van der Waals surface area (Å²) in [6.07, 6.45) is 1.26. The van der Waals surface area contributed by atoms with E-state index >= 15 is 0 Å². The number of amides is 1. The van der Waals surface area contributed by atoms with Gasteiger partial charge >= 0.3 is 18.0 Å². The molecule has 0 fully saturated rings. The van der Waals surface area contributed by atoms with Gasteiger partial charge in [-0.1, -0.05) is 0 Å². The van der Waals surface area contributed by atoms with Gasteiger partial charge in [-0.05, 0) is 86.8 Å². The highest BCUT2D eigenvalue weighted by atomic mass is 16.6. The normalized spacial score (nSPS) is 16.3. The minimum Gasteiger partial charge on any atom is -0.444 e. The molecule has 1 atom stereocenters. The minimum absolute atomic E-state index is 0.205. The second-order valence-electron chi connectivity index (χ2n) is 12.0. The summed E-state index contributed by atoms with van der Waals surface area (Å²) in [5.41, 5.74) is -0.797. The number of carbonyl (C=O) groups excluding carboxylic acids is 4. The highest BCUT2D eigenvalue weighted by molar-refractivity contribution is 5.80. The fourth-order valence-electron chi connectivity index (χ4n) is 3.52. The highest BCUT2D eigenvalue weighted by Crippen LogP contribution is 2.43. The maximum Gasteiger partial charge on any atom is 0.410 e. The molecule has 0 spiro atoms. The Balaban J connectivity index is 2.62. The van der Waals surface area contributed by atoms with E-state index in [9.17, 15) is 19.2 Å². The van der Waals surface area contributed by atoms with E-state index in [1.165, 1.54) is 6.07 Å². The van der Waals surface area contributed by atoms with Crippen molar-refractivity contribution < 1.29 is 33.4 Å². The number of fused-ring (bicyclic) bond motifs is 1. The number of rotatable bonds is 5. The molecule has 35 heavy (non-hydrogen) atoms. The van der Waals surface area contributed by atoms with Crippen LogP contribution in [0, 0.1) is 10.8 Å². The third-order valence-corrected chi connectivity index (χ3v) is 5.36. The van der Waals surface area contributed by atoms with Gasteiger partial charge in [-0.3, -0.25) is 9.59 Å². The van der Waals surface area contributed by atoms with Crippen molar-refractivity contribution in [3.05, 3.63) is 23.3 Å². The molecule has 0 radical (unpaired) electrons. The first-order chi connectivity index (χ1) is 15.9. The van der Waals surface area contributed by atoms with Crippen LogP contribution in [0.4, 0.5) is 4.79 Å². The van der Waals surface area contributed by atoms with Crippen LogP contribution >= 0.6 is 0 Å². The molecule has 0 saturated carbocycles. The number of esters is 2. The van der Waals surface area contributed by atoms with E-state index in [0.717, 1.165) is 11.8 Å². The number of benzene rings is 1. The van der Waals surface area contributed by atoms with Crippen LogP contribution in [0.1, 0.15) is 92.3 Å². The van der Waals surface area contributed by atoms with Crippen LogP contribution in [-0.2, 0) is 25.5 Å². The van der Waals surface area contributed by atoms with Crippen molar-refractivity contribution in [3.63, 3.8) is 0 Å². The third kappa shape index (κ3) is 7.54. The van der Waals surface area contributed by atoms with Crippen LogP contribution in [0.15, 0.2) is 12.1 Å². The van der Waals surface area contributed by atoms with Gasteiger partial charge in [-0.25, -0.2) is 4.79 Å². The summed E-state index contributed by atoms with van der Waals surface area (Å²) in [7, 11) is 0. The Morgan fingerprint density at radius 1 is 0.943 bits per heavy atom. The largest absolute Gasteiger partial charge is 0.444 e. The lowest BCUT2D eigenvalue weighted by Crippen LogP contribution is -2.43. The molecule has 0 unspecified atom stereocenters. The molecule has 1 heterocycles. The first kappa shape index (κ1) is 28.3. The summed E-state index contributed by atoms with van der Waals surface area (Å²) in [6, 6.07) is 2.71. The van der Waals surface area contributed by atoms with Crippen molar-refractivity contribution in [3.8, 4) is 11.5 Å². The summed E-state index contributed by atoms with van der Waals surface area (Å²) in [5, 5.41) is 0. The lowest BCUT2D eigenvalue weighted by atomic mass is 9.88. The number of nitrogens with zero attached hydrogens (tertiary/aromatic N) is 1.